The molecule has 0 spiro atoms. The standard InChI is InChI=1S/C19H22N4O2S/c1-11(2)9-16-21-22-19(26-16)20-18(25)13(4)23-15-8-6-5-7-14(15)12(3)10-17(23)24/h5-8,10-11,13H,9H2,1-4H3,(H,20,22,25). The Morgan fingerprint density at radius 2 is 1.96 bits per heavy atom. The number of aromatic nitrogens is 3. The first-order chi connectivity index (χ1) is 12.4. The first-order valence-electron chi connectivity index (χ1n) is 8.61. The van der Waals surface area contributed by atoms with Gasteiger partial charge >= 0.3 is 0 Å². The second-order valence-corrected chi connectivity index (χ2v) is 7.88. The number of anilines is 1. The van der Waals surface area contributed by atoms with E-state index in [0.717, 1.165) is 27.9 Å². The highest BCUT2D eigenvalue weighted by molar-refractivity contribution is 7.15. The first-order valence-corrected chi connectivity index (χ1v) is 9.42. The van der Waals surface area contributed by atoms with Gasteiger partial charge in [-0.1, -0.05) is 43.4 Å². The number of aryl methyl sites for hydroxylation is 1. The summed E-state index contributed by atoms with van der Waals surface area (Å²) >= 11 is 1.37. The highest BCUT2D eigenvalue weighted by Crippen LogP contribution is 2.22. The van der Waals surface area contributed by atoms with Crippen LogP contribution in [0.4, 0.5) is 5.13 Å². The van der Waals surface area contributed by atoms with Crippen LogP contribution in [0, 0.1) is 12.8 Å². The molecule has 1 amide bonds. The Morgan fingerprint density at radius 1 is 1.23 bits per heavy atom. The Kier molecular flexibility index (Phi) is 5.18. The van der Waals surface area contributed by atoms with Crippen molar-refractivity contribution in [2.24, 2.45) is 5.92 Å². The van der Waals surface area contributed by atoms with Gasteiger partial charge in [0.2, 0.25) is 11.0 Å². The van der Waals surface area contributed by atoms with E-state index >= 15 is 0 Å². The number of nitrogens with one attached hydrogen (secondary N) is 1. The number of pyridine rings is 1. The molecule has 1 unspecified atom stereocenters. The third kappa shape index (κ3) is 3.67. The molecule has 1 N–H and O–H groups in total. The number of rotatable bonds is 5. The Balaban J connectivity index is 1.88. The molecule has 26 heavy (non-hydrogen) atoms. The van der Waals surface area contributed by atoms with Crippen molar-refractivity contribution >= 4 is 33.3 Å². The second kappa shape index (κ2) is 7.37. The zero-order valence-electron chi connectivity index (χ0n) is 15.3. The summed E-state index contributed by atoms with van der Waals surface area (Å²) in [6.07, 6.45) is 0.825. The minimum absolute atomic E-state index is 0.193. The van der Waals surface area contributed by atoms with Gasteiger partial charge in [-0.15, -0.1) is 10.2 Å². The van der Waals surface area contributed by atoms with Crippen LogP contribution in [0.3, 0.4) is 0 Å². The third-order valence-corrected chi connectivity index (χ3v) is 5.07. The van der Waals surface area contributed by atoms with Crippen LogP contribution in [0.1, 0.15) is 37.4 Å². The average molecular weight is 370 g/mol. The van der Waals surface area contributed by atoms with Gasteiger partial charge in [0.1, 0.15) is 11.0 Å². The molecule has 1 aromatic carbocycles. The quantitative estimate of drug-likeness (QED) is 0.745. The van der Waals surface area contributed by atoms with Gasteiger partial charge in [-0.05, 0) is 31.4 Å². The average Bonchev–Trinajstić information content (AvgIpc) is 3.00. The molecule has 0 fully saturated rings. The fourth-order valence-electron chi connectivity index (χ4n) is 2.93. The molecule has 3 aromatic rings. The number of nitrogens with zero attached hydrogens (tertiary/aromatic N) is 3. The van der Waals surface area contributed by atoms with Crippen molar-refractivity contribution in [3.05, 3.63) is 51.3 Å². The van der Waals surface area contributed by atoms with Crippen molar-refractivity contribution in [2.75, 3.05) is 5.32 Å². The van der Waals surface area contributed by atoms with Gasteiger partial charge in [0.05, 0.1) is 5.52 Å². The number of carbonyl (C=O) groups is 1. The van der Waals surface area contributed by atoms with Crippen molar-refractivity contribution in [3.8, 4) is 0 Å². The topological polar surface area (TPSA) is 76.9 Å². The highest BCUT2D eigenvalue weighted by atomic mass is 32.1. The number of hydrogen-bond acceptors (Lipinski definition) is 5. The number of hydrogen-bond donors (Lipinski definition) is 1. The smallest absolute Gasteiger partial charge is 0.252 e. The molecule has 0 aliphatic rings. The fraction of sp³-hybridized carbons (Fsp3) is 0.368. The normalized spacial score (nSPS) is 12.5. The molecular weight excluding hydrogens is 348 g/mol. The van der Waals surface area contributed by atoms with Crippen molar-refractivity contribution in [1.82, 2.24) is 14.8 Å². The minimum atomic E-state index is -0.662. The van der Waals surface area contributed by atoms with Gasteiger partial charge < -0.3 is 0 Å². The van der Waals surface area contributed by atoms with Crippen LogP contribution in [0.5, 0.6) is 0 Å². The van der Waals surface area contributed by atoms with Crippen molar-refractivity contribution in [1.29, 1.82) is 0 Å². The molecule has 0 aliphatic heterocycles. The lowest BCUT2D eigenvalue weighted by Crippen LogP contribution is -2.31. The molecule has 0 saturated carbocycles. The largest absolute Gasteiger partial charge is 0.299 e. The van der Waals surface area contributed by atoms with E-state index in [4.69, 9.17) is 0 Å². The van der Waals surface area contributed by atoms with Gasteiger partial charge in [0, 0.05) is 17.9 Å². The molecule has 6 nitrogen and oxygen atoms in total. The summed E-state index contributed by atoms with van der Waals surface area (Å²) in [5, 5.41) is 13.2. The van der Waals surface area contributed by atoms with Crippen LogP contribution in [-0.4, -0.2) is 20.7 Å². The van der Waals surface area contributed by atoms with Crippen LogP contribution in [-0.2, 0) is 11.2 Å². The van der Waals surface area contributed by atoms with E-state index in [2.05, 4.69) is 29.4 Å². The summed E-state index contributed by atoms with van der Waals surface area (Å²) in [5.41, 5.74) is 1.46. The minimum Gasteiger partial charge on any atom is -0.299 e. The molecule has 0 aliphatic carbocycles. The first kappa shape index (κ1) is 18.3. The van der Waals surface area contributed by atoms with Gasteiger partial charge in [-0.25, -0.2) is 0 Å². The molecule has 3 rings (SSSR count). The predicted octanol–water partition coefficient (Wildman–Crippen LogP) is 3.56. The van der Waals surface area contributed by atoms with Gasteiger partial charge in [-0.3, -0.25) is 19.5 Å². The number of benzene rings is 1. The fourth-order valence-corrected chi connectivity index (χ4v) is 3.89. The van der Waals surface area contributed by atoms with E-state index < -0.39 is 6.04 Å². The van der Waals surface area contributed by atoms with E-state index in [1.807, 2.05) is 31.2 Å². The Labute approximate surface area is 155 Å². The SMILES string of the molecule is Cc1cc(=O)n(C(C)C(=O)Nc2nnc(CC(C)C)s2)c2ccccc12. The molecule has 0 radical (unpaired) electrons. The van der Waals surface area contributed by atoms with E-state index in [1.54, 1.807) is 13.0 Å². The number of amides is 1. The molecule has 0 saturated heterocycles. The van der Waals surface area contributed by atoms with Gasteiger partial charge in [0.25, 0.3) is 5.56 Å². The van der Waals surface area contributed by atoms with E-state index in [0.29, 0.717) is 11.0 Å². The summed E-state index contributed by atoms with van der Waals surface area (Å²) < 4.78 is 1.52. The van der Waals surface area contributed by atoms with Gasteiger partial charge in [0.15, 0.2) is 0 Å². The summed E-state index contributed by atoms with van der Waals surface area (Å²) in [5.74, 6) is 0.191. The summed E-state index contributed by atoms with van der Waals surface area (Å²) in [7, 11) is 0. The monoisotopic (exact) mass is 370 g/mol. The van der Waals surface area contributed by atoms with Crippen molar-refractivity contribution < 1.29 is 4.79 Å². The van der Waals surface area contributed by atoms with Crippen molar-refractivity contribution in [3.63, 3.8) is 0 Å². The predicted molar refractivity (Wildman–Crippen MR) is 105 cm³/mol. The third-order valence-electron chi connectivity index (χ3n) is 4.21. The van der Waals surface area contributed by atoms with Crippen LogP contribution in [0.2, 0.25) is 0 Å². The maximum absolute atomic E-state index is 12.7. The Bertz CT molecular complexity index is 1010. The Hall–Kier alpha value is -2.54. The van der Waals surface area contributed by atoms with E-state index in [9.17, 15) is 9.59 Å². The van der Waals surface area contributed by atoms with Crippen LogP contribution in [0.15, 0.2) is 35.1 Å². The number of para-hydroxylation sites is 1. The molecule has 2 heterocycles. The molecule has 0 bridgehead atoms. The maximum atomic E-state index is 12.7. The number of carbonyl (C=O) groups excluding carboxylic acids is 1. The van der Waals surface area contributed by atoms with E-state index in [1.165, 1.54) is 15.9 Å². The van der Waals surface area contributed by atoms with Crippen LogP contribution in [0.25, 0.3) is 10.9 Å². The Morgan fingerprint density at radius 3 is 2.69 bits per heavy atom. The molecule has 7 heteroatoms. The number of fused-ring (bicyclic) bond motifs is 1. The molecule has 1 atom stereocenters. The van der Waals surface area contributed by atoms with Gasteiger partial charge in [-0.2, -0.15) is 0 Å². The summed E-state index contributed by atoms with van der Waals surface area (Å²) in [4.78, 5) is 25.2. The summed E-state index contributed by atoms with van der Waals surface area (Å²) in [6.45, 7) is 7.83. The van der Waals surface area contributed by atoms with E-state index in [-0.39, 0.29) is 11.5 Å². The van der Waals surface area contributed by atoms with Crippen LogP contribution >= 0.6 is 11.3 Å². The molecule has 2 aromatic heterocycles. The maximum Gasteiger partial charge on any atom is 0.252 e. The lowest BCUT2D eigenvalue weighted by molar-refractivity contribution is -0.118. The molecule has 136 valence electrons. The molecular formula is C19H22N4O2S. The zero-order chi connectivity index (χ0) is 18.8. The summed E-state index contributed by atoms with van der Waals surface area (Å²) in [6, 6.07) is 8.51. The lowest BCUT2D eigenvalue weighted by atomic mass is 10.1. The second-order valence-electron chi connectivity index (χ2n) is 6.82. The zero-order valence-corrected chi connectivity index (χ0v) is 16.1. The van der Waals surface area contributed by atoms with Crippen molar-refractivity contribution in [2.45, 2.75) is 40.2 Å². The highest BCUT2D eigenvalue weighted by Gasteiger charge is 2.20. The lowest BCUT2D eigenvalue weighted by Gasteiger charge is -2.17. The van der Waals surface area contributed by atoms with Crippen LogP contribution < -0.4 is 10.9 Å².